The first-order valence-electron chi connectivity index (χ1n) is 7.60. The summed E-state index contributed by atoms with van der Waals surface area (Å²) in [5, 5.41) is 0. The van der Waals surface area contributed by atoms with Gasteiger partial charge in [-0.1, -0.05) is 17.7 Å². The van der Waals surface area contributed by atoms with Gasteiger partial charge in [0, 0.05) is 11.4 Å². The van der Waals surface area contributed by atoms with Crippen LogP contribution in [0.5, 0.6) is 5.75 Å². The fraction of sp³-hybridized carbons (Fsp3) is 0.158. The van der Waals surface area contributed by atoms with Crippen molar-refractivity contribution in [2.45, 2.75) is 17.6 Å². The van der Waals surface area contributed by atoms with Gasteiger partial charge in [0.25, 0.3) is 0 Å². The monoisotopic (exact) mass is 341 g/mol. The zero-order chi connectivity index (χ0) is 17.2. The minimum atomic E-state index is -3.36. The molecule has 0 spiro atoms. The molecule has 0 atom stereocenters. The molecule has 0 saturated carbocycles. The average Bonchev–Trinajstić information content (AvgIpc) is 3.03. The molecule has 124 valence electrons. The van der Waals surface area contributed by atoms with E-state index in [4.69, 9.17) is 4.74 Å². The predicted octanol–water partition coefficient (Wildman–Crippen LogP) is 3.97. The lowest BCUT2D eigenvalue weighted by molar-refractivity contribution is 0.415. The molecule has 2 aromatic carbocycles. The van der Waals surface area contributed by atoms with Gasteiger partial charge in [0.2, 0.25) is 0 Å². The van der Waals surface area contributed by atoms with Gasteiger partial charge < -0.3 is 9.72 Å². The Bertz CT molecular complexity index is 924. The van der Waals surface area contributed by atoms with Gasteiger partial charge in [0.05, 0.1) is 17.8 Å². The van der Waals surface area contributed by atoms with E-state index in [2.05, 4.69) is 4.98 Å². The van der Waals surface area contributed by atoms with Crippen LogP contribution in [0.3, 0.4) is 0 Å². The van der Waals surface area contributed by atoms with E-state index in [1.54, 1.807) is 19.2 Å². The summed E-state index contributed by atoms with van der Waals surface area (Å²) in [7, 11) is -1.74. The first kappa shape index (κ1) is 16.3. The molecular formula is C19H19NO3S. The van der Waals surface area contributed by atoms with Crippen molar-refractivity contribution in [3.05, 3.63) is 71.9 Å². The summed E-state index contributed by atoms with van der Waals surface area (Å²) in [4.78, 5) is 3.53. The van der Waals surface area contributed by atoms with E-state index in [1.807, 2.05) is 55.5 Å². The summed E-state index contributed by atoms with van der Waals surface area (Å²) >= 11 is 0. The standard InChI is InChI=1S/C19H19NO3S/c1-14-3-10-18(11-4-14)24(21,22)13-16-7-12-19(20-16)15-5-8-17(23-2)9-6-15/h3-12,20H,13H2,1-2H3. The molecule has 1 heterocycles. The van der Waals surface area contributed by atoms with Crippen LogP contribution in [0.25, 0.3) is 11.3 Å². The lowest BCUT2D eigenvalue weighted by Gasteiger charge is -2.04. The molecule has 24 heavy (non-hydrogen) atoms. The van der Waals surface area contributed by atoms with E-state index in [9.17, 15) is 8.42 Å². The Morgan fingerprint density at radius 1 is 0.917 bits per heavy atom. The van der Waals surface area contributed by atoms with Crippen LogP contribution in [0, 0.1) is 6.92 Å². The summed E-state index contributed by atoms with van der Waals surface area (Å²) in [5.74, 6) is 0.735. The third-order valence-electron chi connectivity index (χ3n) is 3.87. The molecule has 0 aliphatic carbocycles. The first-order chi connectivity index (χ1) is 11.5. The first-order valence-corrected chi connectivity index (χ1v) is 9.25. The summed E-state index contributed by atoms with van der Waals surface area (Å²) in [5.41, 5.74) is 3.57. The lowest BCUT2D eigenvalue weighted by atomic mass is 10.1. The highest BCUT2D eigenvalue weighted by atomic mass is 32.2. The van der Waals surface area contributed by atoms with Crippen LogP contribution < -0.4 is 4.74 Å². The summed E-state index contributed by atoms with van der Waals surface area (Å²) in [6.45, 7) is 1.93. The fourth-order valence-corrected chi connectivity index (χ4v) is 3.79. The number of aromatic nitrogens is 1. The number of hydrogen-bond donors (Lipinski definition) is 1. The smallest absolute Gasteiger partial charge is 0.183 e. The maximum Gasteiger partial charge on any atom is 0.183 e. The maximum absolute atomic E-state index is 12.5. The van der Waals surface area contributed by atoms with Crippen LogP contribution in [-0.4, -0.2) is 20.5 Å². The average molecular weight is 341 g/mol. The molecule has 3 rings (SSSR count). The number of aromatic amines is 1. The van der Waals surface area contributed by atoms with Gasteiger partial charge >= 0.3 is 0 Å². The quantitative estimate of drug-likeness (QED) is 0.764. The van der Waals surface area contributed by atoms with Gasteiger partial charge in [-0.25, -0.2) is 8.42 Å². The van der Waals surface area contributed by atoms with Crippen LogP contribution >= 0.6 is 0 Å². The van der Waals surface area contributed by atoms with Crippen LogP contribution in [0.1, 0.15) is 11.3 Å². The van der Waals surface area contributed by atoms with Crippen molar-refractivity contribution < 1.29 is 13.2 Å². The molecule has 0 radical (unpaired) electrons. The van der Waals surface area contributed by atoms with Gasteiger partial charge in [0.15, 0.2) is 9.84 Å². The van der Waals surface area contributed by atoms with E-state index in [0.29, 0.717) is 10.6 Å². The number of aryl methyl sites for hydroxylation is 1. The van der Waals surface area contributed by atoms with Crippen molar-refractivity contribution in [2.75, 3.05) is 7.11 Å². The van der Waals surface area contributed by atoms with Gasteiger partial charge in [-0.3, -0.25) is 0 Å². The Hall–Kier alpha value is -2.53. The number of sulfone groups is 1. The Kier molecular flexibility index (Phi) is 4.44. The second kappa shape index (κ2) is 6.53. The van der Waals surface area contributed by atoms with Crippen molar-refractivity contribution in [2.24, 2.45) is 0 Å². The van der Waals surface area contributed by atoms with E-state index in [1.165, 1.54) is 0 Å². The summed E-state index contributed by atoms with van der Waals surface area (Å²) in [6.07, 6.45) is 0. The van der Waals surface area contributed by atoms with Crippen LogP contribution in [-0.2, 0) is 15.6 Å². The molecule has 1 aromatic heterocycles. The predicted molar refractivity (Wildman–Crippen MR) is 94.8 cm³/mol. The Morgan fingerprint density at radius 3 is 2.21 bits per heavy atom. The Morgan fingerprint density at radius 2 is 1.58 bits per heavy atom. The molecule has 0 saturated heterocycles. The molecule has 1 N–H and O–H groups in total. The molecule has 0 aliphatic heterocycles. The molecule has 0 unspecified atom stereocenters. The zero-order valence-electron chi connectivity index (χ0n) is 13.6. The highest BCUT2D eigenvalue weighted by Crippen LogP contribution is 2.23. The third-order valence-corrected chi connectivity index (χ3v) is 5.55. The van der Waals surface area contributed by atoms with Gasteiger partial charge in [0.1, 0.15) is 5.75 Å². The molecule has 0 aliphatic rings. The number of methoxy groups -OCH3 is 1. The van der Waals surface area contributed by atoms with E-state index >= 15 is 0 Å². The highest BCUT2D eigenvalue weighted by molar-refractivity contribution is 7.90. The number of nitrogens with one attached hydrogen (secondary N) is 1. The van der Waals surface area contributed by atoms with Crippen LogP contribution in [0.15, 0.2) is 65.6 Å². The number of hydrogen-bond acceptors (Lipinski definition) is 3. The number of H-pyrrole nitrogens is 1. The summed E-state index contributed by atoms with van der Waals surface area (Å²) < 4.78 is 30.2. The van der Waals surface area contributed by atoms with Crippen molar-refractivity contribution in [3.8, 4) is 17.0 Å². The molecule has 0 amide bonds. The molecule has 3 aromatic rings. The number of benzene rings is 2. The summed E-state index contributed by atoms with van der Waals surface area (Å²) in [6, 6.07) is 18.2. The Labute approximate surface area is 142 Å². The van der Waals surface area contributed by atoms with Gasteiger partial charge in [-0.05, 0) is 61.0 Å². The highest BCUT2D eigenvalue weighted by Gasteiger charge is 2.16. The molecule has 5 heteroatoms. The minimum Gasteiger partial charge on any atom is -0.497 e. The van der Waals surface area contributed by atoms with Crippen molar-refractivity contribution in [1.82, 2.24) is 4.98 Å². The topological polar surface area (TPSA) is 59.2 Å². The number of rotatable bonds is 5. The maximum atomic E-state index is 12.5. The fourth-order valence-electron chi connectivity index (χ4n) is 2.50. The largest absolute Gasteiger partial charge is 0.497 e. The lowest BCUT2D eigenvalue weighted by Crippen LogP contribution is -2.05. The third kappa shape index (κ3) is 3.51. The SMILES string of the molecule is COc1ccc(-c2ccc(CS(=O)(=O)c3ccc(C)cc3)[nH]2)cc1. The minimum absolute atomic E-state index is 0.0494. The van der Waals surface area contributed by atoms with Crippen LogP contribution in [0.4, 0.5) is 0 Å². The molecular weight excluding hydrogens is 322 g/mol. The van der Waals surface area contributed by atoms with Crippen molar-refractivity contribution in [3.63, 3.8) is 0 Å². The van der Waals surface area contributed by atoms with Crippen LogP contribution in [0.2, 0.25) is 0 Å². The van der Waals surface area contributed by atoms with E-state index in [0.717, 1.165) is 22.6 Å². The molecule has 0 fully saturated rings. The second-order valence-corrected chi connectivity index (χ2v) is 7.69. The second-order valence-electron chi connectivity index (χ2n) is 5.70. The zero-order valence-corrected chi connectivity index (χ0v) is 14.4. The van der Waals surface area contributed by atoms with E-state index in [-0.39, 0.29) is 5.75 Å². The van der Waals surface area contributed by atoms with Crippen molar-refractivity contribution in [1.29, 1.82) is 0 Å². The molecule has 4 nitrogen and oxygen atoms in total. The number of ether oxygens (including phenoxy) is 1. The normalized spacial score (nSPS) is 11.4. The Balaban J connectivity index is 1.81. The van der Waals surface area contributed by atoms with Gasteiger partial charge in [-0.15, -0.1) is 0 Å². The van der Waals surface area contributed by atoms with E-state index < -0.39 is 9.84 Å². The van der Waals surface area contributed by atoms with Crippen molar-refractivity contribution >= 4 is 9.84 Å². The van der Waals surface area contributed by atoms with Gasteiger partial charge in [-0.2, -0.15) is 0 Å². The molecule has 0 bridgehead atoms.